The third-order valence-electron chi connectivity index (χ3n) is 3.24. The summed E-state index contributed by atoms with van der Waals surface area (Å²) in [7, 11) is 0. The van der Waals surface area contributed by atoms with Gasteiger partial charge in [-0.3, -0.25) is 4.79 Å². The van der Waals surface area contributed by atoms with E-state index in [0.717, 1.165) is 6.42 Å². The smallest absolute Gasteiger partial charge is 0.248 e. The third-order valence-corrected chi connectivity index (χ3v) is 3.24. The van der Waals surface area contributed by atoms with E-state index in [1.807, 2.05) is 6.92 Å². The van der Waals surface area contributed by atoms with Crippen LogP contribution in [-0.4, -0.2) is 41.5 Å². The topological polar surface area (TPSA) is 40.5 Å². The summed E-state index contributed by atoms with van der Waals surface area (Å²) in [4.78, 5) is 13.7. The van der Waals surface area contributed by atoms with Crippen molar-refractivity contribution in [3.63, 3.8) is 0 Å². The number of aliphatic hydroxyl groups excluding tert-OH is 1. The van der Waals surface area contributed by atoms with Crippen molar-refractivity contribution in [3.05, 3.63) is 0 Å². The number of carbonyl (C=O) groups is 1. The van der Waals surface area contributed by atoms with Crippen LogP contribution in [0, 0.1) is 5.92 Å². The maximum Gasteiger partial charge on any atom is 0.248 e. The first-order valence-electron chi connectivity index (χ1n) is 6.27. The number of aliphatic hydroxyl groups is 1. The van der Waals surface area contributed by atoms with Crippen molar-refractivity contribution in [1.29, 1.82) is 0 Å². The molecule has 0 aromatic carbocycles. The molecule has 0 bridgehead atoms. The lowest BCUT2D eigenvalue weighted by atomic mass is 9.86. The minimum Gasteiger partial charge on any atom is -0.395 e. The standard InChI is InChI=1S/C12H21F2NO2/c1-2-7-15(8-9-16)11(17)10-3-5-12(13,14)6-4-10/h10,16H,2-9H2,1H3. The number of rotatable bonds is 5. The van der Waals surface area contributed by atoms with Crippen molar-refractivity contribution in [1.82, 2.24) is 4.90 Å². The quantitative estimate of drug-likeness (QED) is 0.810. The van der Waals surface area contributed by atoms with Gasteiger partial charge in [-0.25, -0.2) is 8.78 Å². The van der Waals surface area contributed by atoms with Gasteiger partial charge in [0.05, 0.1) is 6.61 Å². The largest absolute Gasteiger partial charge is 0.395 e. The molecule has 0 spiro atoms. The Kier molecular flexibility index (Phi) is 5.31. The maximum absolute atomic E-state index is 13.0. The SMILES string of the molecule is CCCN(CCO)C(=O)C1CCC(F)(F)CC1. The van der Waals surface area contributed by atoms with Crippen molar-refractivity contribution in [2.45, 2.75) is 45.0 Å². The van der Waals surface area contributed by atoms with Crippen LogP contribution in [0.2, 0.25) is 0 Å². The van der Waals surface area contributed by atoms with Gasteiger partial charge in [-0.15, -0.1) is 0 Å². The molecule has 0 saturated heterocycles. The highest BCUT2D eigenvalue weighted by molar-refractivity contribution is 5.79. The van der Waals surface area contributed by atoms with Crippen LogP contribution in [0.4, 0.5) is 8.78 Å². The average Bonchev–Trinajstić information content (AvgIpc) is 2.28. The molecule has 17 heavy (non-hydrogen) atoms. The Hall–Kier alpha value is -0.710. The van der Waals surface area contributed by atoms with Crippen LogP contribution in [0.25, 0.3) is 0 Å². The number of hydrogen-bond donors (Lipinski definition) is 1. The van der Waals surface area contributed by atoms with Crippen LogP contribution < -0.4 is 0 Å². The molecule has 1 amide bonds. The summed E-state index contributed by atoms with van der Waals surface area (Å²) in [5.41, 5.74) is 0. The fourth-order valence-electron chi connectivity index (χ4n) is 2.27. The molecule has 1 fully saturated rings. The molecule has 0 heterocycles. The summed E-state index contributed by atoms with van der Waals surface area (Å²) >= 11 is 0. The van der Waals surface area contributed by atoms with Gasteiger partial charge in [-0.2, -0.15) is 0 Å². The molecule has 1 rings (SSSR count). The predicted molar refractivity (Wildman–Crippen MR) is 60.9 cm³/mol. The highest BCUT2D eigenvalue weighted by Gasteiger charge is 2.38. The zero-order valence-corrected chi connectivity index (χ0v) is 10.3. The molecular formula is C12H21F2NO2. The zero-order chi connectivity index (χ0) is 12.9. The summed E-state index contributed by atoms with van der Waals surface area (Å²) in [6, 6.07) is 0. The molecule has 0 aromatic heterocycles. The Morgan fingerprint density at radius 1 is 1.35 bits per heavy atom. The molecule has 1 N–H and O–H groups in total. The van der Waals surface area contributed by atoms with Crippen LogP contribution in [0.1, 0.15) is 39.0 Å². The number of carbonyl (C=O) groups excluding carboxylic acids is 1. The minimum atomic E-state index is -2.59. The zero-order valence-electron chi connectivity index (χ0n) is 10.3. The van der Waals surface area contributed by atoms with E-state index in [2.05, 4.69) is 0 Å². The van der Waals surface area contributed by atoms with Gasteiger partial charge in [-0.05, 0) is 19.3 Å². The van der Waals surface area contributed by atoms with Gasteiger partial charge in [-0.1, -0.05) is 6.92 Å². The molecule has 1 aliphatic carbocycles. The van der Waals surface area contributed by atoms with E-state index in [4.69, 9.17) is 5.11 Å². The number of alkyl halides is 2. The van der Waals surface area contributed by atoms with Crippen molar-refractivity contribution >= 4 is 5.91 Å². The van der Waals surface area contributed by atoms with E-state index in [0.29, 0.717) is 13.1 Å². The number of hydrogen-bond acceptors (Lipinski definition) is 2. The van der Waals surface area contributed by atoms with Gasteiger partial charge in [0.15, 0.2) is 0 Å². The normalized spacial score (nSPS) is 20.2. The lowest BCUT2D eigenvalue weighted by molar-refractivity contribution is -0.140. The molecule has 3 nitrogen and oxygen atoms in total. The molecule has 0 aliphatic heterocycles. The molecule has 0 unspecified atom stereocenters. The molecule has 0 atom stereocenters. The Bertz CT molecular complexity index is 243. The van der Waals surface area contributed by atoms with Gasteiger partial charge in [0.1, 0.15) is 0 Å². The van der Waals surface area contributed by atoms with Crippen molar-refractivity contribution in [2.24, 2.45) is 5.92 Å². The molecule has 0 aromatic rings. The van der Waals surface area contributed by atoms with Gasteiger partial charge in [0, 0.05) is 31.8 Å². The molecule has 1 aliphatic rings. The van der Waals surface area contributed by atoms with E-state index in [-0.39, 0.29) is 44.1 Å². The predicted octanol–water partition coefficient (Wildman–Crippen LogP) is 2.04. The van der Waals surface area contributed by atoms with Gasteiger partial charge in [0.25, 0.3) is 0 Å². The van der Waals surface area contributed by atoms with Crippen LogP contribution in [-0.2, 0) is 4.79 Å². The van der Waals surface area contributed by atoms with Gasteiger partial charge >= 0.3 is 0 Å². The maximum atomic E-state index is 13.0. The van der Waals surface area contributed by atoms with Crippen molar-refractivity contribution in [3.8, 4) is 0 Å². The van der Waals surface area contributed by atoms with Gasteiger partial charge in [0.2, 0.25) is 11.8 Å². The summed E-state index contributed by atoms with van der Waals surface area (Å²) in [5.74, 6) is -2.95. The average molecular weight is 249 g/mol. The number of halogens is 2. The summed E-state index contributed by atoms with van der Waals surface area (Å²) in [6.07, 6.45) is 0.953. The van der Waals surface area contributed by atoms with E-state index >= 15 is 0 Å². The Labute approximate surface area is 101 Å². The molecule has 1 saturated carbocycles. The lowest BCUT2D eigenvalue weighted by Gasteiger charge is -2.31. The molecule has 0 radical (unpaired) electrons. The Morgan fingerprint density at radius 2 is 1.94 bits per heavy atom. The summed E-state index contributed by atoms with van der Waals surface area (Å²) in [6.45, 7) is 2.77. The van der Waals surface area contributed by atoms with Crippen molar-refractivity contribution in [2.75, 3.05) is 19.7 Å². The lowest BCUT2D eigenvalue weighted by Crippen LogP contribution is -2.41. The number of amides is 1. The highest BCUT2D eigenvalue weighted by Crippen LogP contribution is 2.36. The van der Waals surface area contributed by atoms with E-state index in [1.165, 1.54) is 0 Å². The summed E-state index contributed by atoms with van der Waals surface area (Å²) in [5, 5.41) is 8.88. The van der Waals surface area contributed by atoms with Crippen molar-refractivity contribution < 1.29 is 18.7 Å². The van der Waals surface area contributed by atoms with E-state index in [1.54, 1.807) is 4.90 Å². The first kappa shape index (κ1) is 14.4. The summed E-state index contributed by atoms with van der Waals surface area (Å²) < 4.78 is 25.9. The van der Waals surface area contributed by atoms with Crippen LogP contribution in [0.3, 0.4) is 0 Å². The molecular weight excluding hydrogens is 228 g/mol. The minimum absolute atomic E-state index is 0.0728. The Balaban J connectivity index is 2.51. The fraction of sp³-hybridized carbons (Fsp3) is 0.917. The van der Waals surface area contributed by atoms with Crippen LogP contribution in [0.15, 0.2) is 0 Å². The van der Waals surface area contributed by atoms with E-state index < -0.39 is 5.92 Å². The molecule has 5 heteroatoms. The second-order valence-electron chi connectivity index (χ2n) is 4.68. The molecule has 100 valence electrons. The first-order chi connectivity index (χ1) is 8.00. The monoisotopic (exact) mass is 249 g/mol. The van der Waals surface area contributed by atoms with E-state index in [9.17, 15) is 13.6 Å². The second-order valence-corrected chi connectivity index (χ2v) is 4.68. The Morgan fingerprint density at radius 3 is 2.41 bits per heavy atom. The third kappa shape index (κ3) is 4.22. The second kappa shape index (κ2) is 6.28. The first-order valence-corrected chi connectivity index (χ1v) is 6.27. The number of nitrogens with zero attached hydrogens (tertiary/aromatic N) is 1. The van der Waals surface area contributed by atoms with Crippen LogP contribution in [0.5, 0.6) is 0 Å². The fourth-order valence-corrected chi connectivity index (χ4v) is 2.27. The van der Waals surface area contributed by atoms with Crippen LogP contribution >= 0.6 is 0 Å². The van der Waals surface area contributed by atoms with Gasteiger partial charge < -0.3 is 10.0 Å². The highest BCUT2D eigenvalue weighted by atomic mass is 19.3.